The first-order valence-corrected chi connectivity index (χ1v) is 18.2. The molecule has 0 radical (unpaired) electrons. The quantitative estimate of drug-likeness (QED) is 0.168. The smallest absolute Gasteiger partial charge is 0.337 e. The minimum absolute atomic E-state index is 0.138. The van der Waals surface area contributed by atoms with Gasteiger partial charge in [-0.2, -0.15) is 0 Å². The Balaban J connectivity index is 0.882. The average molecular weight is 595 g/mol. The van der Waals surface area contributed by atoms with E-state index in [1.54, 1.807) is 0 Å². The standard InChI is InChI=1S/C35H58N6O2/c1-4-5-6-8-11-14-27-23-30-18-19-31-32(25(3)37-35(39-27)41(30)31)33(42)43-20-13-10-7-9-12-15-26-22-29-17-16-28-21-24(2)36-34(38-26)40(28)29/h24-30H,4-23H2,1-3H3,(H,36,38)(H,37,39)/t24-,25-,26+,27+,28+,29-,30-/m0/s1. The lowest BCUT2D eigenvalue weighted by Crippen LogP contribution is -2.59. The van der Waals surface area contributed by atoms with Gasteiger partial charge in [-0.3, -0.25) is 0 Å². The predicted octanol–water partition coefficient (Wildman–Crippen LogP) is 6.41. The van der Waals surface area contributed by atoms with Crippen LogP contribution in [0.5, 0.6) is 0 Å². The van der Waals surface area contributed by atoms with Crippen LogP contribution in [-0.4, -0.2) is 76.6 Å². The number of rotatable bonds is 15. The van der Waals surface area contributed by atoms with Crippen LogP contribution in [-0.2, 0) is 9.53 Å². The van der Waals surface area contributed by atoms with Gasteiger partial charge in [0.15, 0.2) is 11.9 Å². The molecule has 0 saturated carbocycles. The third-order valence-electron chi connectivity index (χ3n) is 11.0. The predicted molar refractivity (Wildman–Crippen MR) is 174 cm³/mol. The molecular weight excluding hydrogens is 536 g/mol. The number of carbonyl (C=O) groups excluding carboxylic acids is 1. The van der Waals surface area contributed by atoms with Crippen LogP contribution in [0.2, 0.25) is 0 Å². The Morgan fingerprint density at radius 2 is 1.56 bits per heavy atom. The number of guanidine groups is 2. The maximum absolute atomic E-state index is 13.2. The first-order chi connectivity index (χ1) is 21.0. The molecule has 7 atom stereocenters. The number of ether oxygens (including phenoxy) is 1. The van der Waals surface area contributed by atoms with Crippen LogP contribution < -0.4 is 10.6 Å². The van der Waals surface area contributed by atoms with E-state index in [0.717, 1.165) is 49.7 Å². The van der Waals surface area contributed by atoms with Gasteiger partial charge in [-0.05, 0) is 78.1 Å². The van der Waals surface area contributed by atoms with Gasteiger partial charge in [0.05, 0.1) is 24.3 Å². The second kappa shape index (κ2) is 14.2. The highest BCUT2D eigenvalue weighted by atomic mass is 16.5. The SMILES string of the molecule is CCCCCCC[C@@H]1C[C@@H]2CCC3=C(C(=O)OCCCCCCC[C@@H]4C[C@@H]5CC[C@@H]6C[C@H](C)NC(=N4)N65)[C@H](C)N=C(N1)N32. The Bertz CT molecular complexity index is 1070. The number of esters is 1. The second-order valence-electron chi connectivity index (χ2n) is 14.4. The van der Waals surface area contributed by atoms with Gasteiger partial charge in [0.25, 0.3) is 0 Å². The van der Waals surface area contributed by atoms with Gasteiger partial charge in [0.2, 0.25) is 0 Å². The topological polar surface area (TPSA) is 81.6 Å². The highest BCUT2D eigenvalue weighted by molar-refractivity contribution is 5.95. The fourth-order valence-electron chi connectivity index (χ4n) is 8.88. The van der Waals surface area contributed by atoms with Gasteiger partial charge in [0, 0.05) is 35.9 Å². The molecule has 0 bridgehead atoms. The van der Waals surface area contributed by atoms with Crippen LogP contribution in [0.3, 0.4) is 0 Å². The van der Waals surface area contributed by atoms with Crippen molar-refractivity contribution in [3.63, 3.8) is 0 Å². The molecule has 0 aromatic rings. The molecule has 2 N–H and O–H groups in total. The van der Waals surface area contributed by atoms with Crippen molar-refractivity contribution in [3.8, 4) is 0 Å². The van der Waals surface area contributed by atoms with Gasteiger partial charge in [-0.25, -0.2) is 14.8 Å². The molecular formula is C35H58N6O2. The first-order valence-electron chi connectivity index (χ1n) is 18.2. The van der Waals surface area contributed by atoms with Crippen LogP contribution in [0, 0.1) is 0 Å². The molecule has 6 rings (SSSR count). The summed E-state index contributed by atoms with van der Waals surface area (Å²) < 4.78 is 5.83. The summed E-state index contributed by atoms with van der Waals surface area (Å²) >= 11 is 0. The number of unbranched alkanes of at least 4 members (excludes halogenated alkanes) is 8. The molecule has 0 aromatic carbocycles. The number of hydrogen-bond donors (Lipinski definition) is 2. The first kappa shape index (κ1) is 30.8. The molecule has 4 fully saturated rings. The van der Waals surface area contributed by atoms with E-state index in [4.69, 9.17) is 14.7 Å². The van der Waals surface area contributed by atoms with Gasteiger partial charge >= 0.3 is 5.97 Å². The average Bonchev–Trinajstić information content (AvgIpc) is 3.59. The summed E-state index contributed by atoms with van der Waals surface area (Å²) in [6, 6.07) is 3.31. The third-order valence-corrected chi connectivity index (χ3v) is 11.0. The molecule has 6 heterocycles. The zero-order valence-corrected chi connectivity index (χ0v) is 27.3. The number of carbonyl (C=O) groups is 1. The van der Waals surface area contributed by atoms with E-state index in [2.05, 4.69) is 41.2 Å². The summed E-state index contributed by atoms with van der Waals surface area (Å²) in [6.45, 7) is 7.14. The third kappa shape index (κ3) is 7.03. The fourth-order valence-corrected chi connectivity index (χ4v) is 8.88. The maximum Gasteiger partial charge on any atom is 0.337 e. The Kier molecular flexibility index (Phi) is 10.2. The van der Waals surface area contributed by atoms with Gasteiger partial charge < -0.3 is 25.2 Å². The molecule has 8 nitrogen and oxygen atoms in total. The van der Waals surface area contributed by atoms with Crippen molar-refractivity contribution >= 4 is 17.9 Å². The minimum atomic E-state index is -0.144. The molecule has 0 unspecified atom stereocenters. The van der Waals surface area contributed by atoms with Crippen molar-refractivity contribution in [1.29, 1.82) is 0 Å². The summed E-state index contributed by atoms with van der Waals surface area (Å²) in [5, 5.41) is 7.40. The highest BCUT2D eigenvalue weighted by Crippen LogP contribution is 2.40. The van der Waals surface area contributed by atoms with Gasteiger partial charge in [-0.1, -0.05) is 64.7 Å². The lowest BCUT2D eigenvalue weighted by Gasteiger charge is -2.44. The summed E-state index contributed by atoms with van der Waals surface area (Å²) in [4.78, 5) is 28.3. The summed E-state index contributed by atoms with van der Waals surface area (Å²) in [5.74, 6) is 2.05. The molecule has 8 heteroatoms. The van der Waals surface area contributed by atoms with Crippen molar-refractivity contribution in [1.82, 2.24) is 20.4 Å². The lowest BCUT2D eigenvalue weighted by molar-refractivity contribution is -0.139. The lowest BCUT2D eigenvalue weighted by atomic mass is 9.97. The molecule has 6 aliphatic rings. The van der Waals surface area contributed by atoms with E-state index in [9.17, 15) is 4.79 Å². The number of aliphatic imine (C=N–C) groups is 2. The fraction of sp³-hybridized carbons (Fsp3) is 0.857. The van der Waals surface area contributed by atoms with Crippen molar-refractivity contribution < 1.29 is 9.53 Å². The Labute approximate surface area is 260 Å². The maximum atomic E-state index is 13.2. The normalized spacial score (nSPS) is 32.5. The van der Waals surface area contributed by atoms with Crippen LogP contribution in [0.1, 0.15) is 143 Å². The molecule has 43 heavy (non-hydrogen) atoms. The zero-order valence-electron chi connectivity index (χ0n) is 27.3. The molecule has 0 spiro atoms. The van der Waals surface area contributed by atoms with Crippen molar-refractivity contribution in [2.24, 2.45) is 9.98 Å². The van der Waals surface area contributed by atoms with Crippen molar-refractivity contribution in [2.75, 3.05) is 6.61 Å². The number of nitrogens with zero attached hydrogens (tertiary/aromatic N) is 4. The molecule has 0 amide bonds. The van der Waals surface area contributed by atoms with E-state index >= 15 is 0 Å². The van der Waals surface area contributed by atoms with E-state index in [1.807, 2.05) is 0 Å². The largest absolute Gasteiger partial charge is 0.462 e. The molecule has 0 aromatic heterocycles. The highest BCUT2D eigenvalue weighted by Gasteiger charge is 2.45. The summed E-state index contributed by atoms with van der Waals surface area (Å²) in [6.07, 6.45) is 23.2. The number of allylic oxidation sites excluding steroid dienone is 1. The van der Waals surface area contributed by atoms with Crippen molar-refractivity contribution in [3.05, 3.63) is 11.3 Å². The van der Waals surface area contributed by atoms with E-state index in [1.165, 1.54) is 102 Å². The molecule has 6 aliphatic heterocycles. The van der Waals surface area contributed by atoms with Crippen LogP contribution in [0.4, 0.5) is 0 Å². The minimum Gasteiger partial charge on any atom is -0.462 e. The molecule has 4 saturated heterocycles. The second-order valence-corrected chi connectivity index (χ2v) is 14.4. The molecule has 240 valence electrons. The van der Waals surface area contributed by atoms with Gasteiger partial charge in [0.1, 0.15) is 0 Å². The molecule has 0 aliphatic carbocycles. The summed E-state index contributed by atoms with van der Waals surface area (Å²) in [7, 11) is 0. The van der Waals surface area contributed by atoms with Crippen LogP contribution in [0.15, 0.2) is 21.3 Å². The van der Waals surface area contributed by atoms with Crippen molar-refractivity contribution in [2.45, 2.75) is 185 Å². The van der Waals surface area contributed by atoms with E-state index < -0.39 is 0 Å². The zero-order chi connectivity index (χ0) is 29.8. The van der Waals surface area contributed by atoms with E-state index in [0.29, 0.717) is 36.8 Å². The van der Waals surface area contributed by atoms with Crippen LogP contribution >= 0.6 is 0 Å². The monoisotopic (exact) mass is 594 g/mol. The Morgan fingerprint density at radius 1 is 0.814 bits per heavy atom. The Morgan fingerprint density at radius 3 is 2.40 bits per heavy atom. The Hall–Kier alpha value is -2.25. The number of nitrogens with one attached hydrogen (secondary N) is 2. The van der Waals surface area contributed by atoms with E-state index in [-0.39, 0.29) is 12.0 Å². The number of hydrogen-bond acceptors (Lipinski definition) is 8. The van der Waals surface area contributed by atoms with Gasteiger partial charge in [-0.15, -0.1) is 0 Å². The van der Waals surface area contributed by atoms with Crippen LogP contribution in [0.25, 0.3) is 0 Å². The summed E-state index contributed by atoms with van der Waals surface area (Å²) in [5.41, 5.74) is 1.97.